The standard InChI is InChI=1S/C15H19F3N2S/c1-2-7-19-11-13-5-3-4-12-6-8-20(14(12)13)9-10-21-15(16,17)18/h3-6,8,19H,2,7,9-11H2,1H3. The van der Waals surface area contributed by atoms with Crippen LogP contribution in [0.15, 0.2) is 30.5 Å². The summed E-state index contributed by atoms with van der Waals surface area (Å²) >= 11 is 0.0312. The Labute approximate surface area is 126 Å². The first kappa shape index (κ1) is 16.2. The minimum absolute atomic E-state index is 0.0312. The molecule has 0 saturated heterocycles. The third-order valence-corrected chi connectivity index (χ3v) is 3.93. The van der Waals surface area contributed by atoms with Crippen molar-refractivity contribution in [2.75, 3.05) is 12.3 Å². The lowest BCUT2D eigenvalue weighted by Crippen LogP contribution is -2.15. The van der Waals surface area contributed by atoms with Gasteiger partial charge < -0.3 is 9.88 Å². The number of fused-ring (bicyclic) bond motifs is 1. The second-order valence-corrected chi connectivity index (χ2v) is 5.99. The zero-order valence-corrected chi connectivity index (χ0v) is 12.7. The number of hydrogen-bond acceptors (Lipinski definition) is 2. The highest BCUT2D eigenvalue weighted by Gasteiger charge is 2.27. The molecule has 21 heavy (non-hydrogen) atoms. The fraction of sp³-hybridized carbons (Fsp3) is 0.467. The molecule has 0 aliphatic rings. The van der Waals surface area contributed by atoms with Crippen molar-refractivity contribution in [3.8, 4) is 0 Å². The Bertz CT molecular complexity index is 578. The van der Waals surface area contributed by atoms with Gasteiger partial charge in [-0.05, 0) is 41.7 Å². The molecule has 0 unspecified atom stereocenters. The van der Waals surface area contributed by atoms with Crippen LogP contribution in [-0.4, -0.2) is 22.4 Å². The van der Waals surface area contributed by atoms with E-state index in [0.717, 1.165) is 36.0 Å². The number of hydrogen-bond donors (Lipinski definition) is 1. The maximum atomic E-state index is 12.2. The molecule has 0 spiro atoms. The monoisotopic (exact) mass is 316 g/mol. The Hall–Kier alpha value is -1.14. The molecule has 2 nitrogen and oxygen atoms in total. The maximum Gasteiger partial charge on any atom is 0.441 e. The molecule has 0 fully saturated rings. The summed E-state index contributed by atoms with van der Waals surface area (Å²) in [5.74, 6) is 0.0317. The van der Waals surface area contributed by atoms with E-state index >= 15 is 0 Å². The third kappa shape index (κ3) is 4.68. The van der Waals surface area contributed by atoms with Crippen molar-refractivity contribution in [2.45, 2.75) is 31.9 Å². The predicted octanol–water partition coefficient (Wildman–Crippen LogP) is 4.39. The van der Waals surface area contributed by atoms with E-state index in [9.17, 15) is 13.2 Å². The molecule has 0 atom stereocenters. The van der Waals surface area contributed by atoms with Gasteiger partial charge in [0.15, 0.2) is 0 Å². The first-order valence-electron chi connectivity index (χ1n) is 6.99. The number of benzene rings is 1. The van der Waals surface area contributed by atoms with Crippen LogP contribution in [0.2, 0.25) is 0 Å². The van der Waals surface area contributed by atoms with E-state index in [4.69, 9.17) is 0 Å². The summed E-state index contributed by atoms with van der Waals surface area (Å²) in [7, 11) is 0. The number of para-hydroxylation sites is 1. The highest BCUT2D eigenvalue weighted by molar-refractivity contribution is 8.00. The molecule has 6 heteroatoms. The molecule has 0 aliphatic heterocycles. The van der Waals surface area contributed by atoms with Crippen molar-refractivity contribution in [1.29, 1.82) is 0 Å². The van der Waals surface area contributed by atoms with Crippen LogP contribution in [0.1, 0.15) is 18.9 Å². The topological polar surface area (TPSA) is 17.0 Å². The molecule has 0 bridgehead atoms. The molecule has 0 radical (unpaired) electrons. The quantitative estimate of drug-likeness (QED) is 0.763. The number of alkyl halides is 3. The van der Waals surface area contributed by atoms with Crippen molar-refractivity contribution in [3.05, 3.63) is 36.0 Å². The normalized spacial score (nSPS) is 12.2. The van der Waals surface area contributed by atoms with Gasteiger partial charge in [-0.2, -0.15) is 13.2 Å². The minimum atomic E-state index is -4.16. The van der Waals surface area contributed by atoms with E-state index in [2.05, 4.69) is 12.2 Å². The van der Waals surface area contributed by atoms with Crippen LogP contribution in [0.3, 0.4) is 0 Å². The smallest absolute Gasteiger partial charge is 0.346 e. The number of nitrogens with one attached hydrogen (secondary N) is 1. The Morgan fingerprint density at radius 3 is 2.76 bits per heavy atom. The maximum absolute atomic E-state index is 12.2. The van der Waals surface area contributed by atoms with E-state index in [0.29, 0.717) is 6.54 Å². The SMILES string of the molecule is CCCNCc1cccc2ccn(CCSC(F)(F)F)c12. The highest BCUT2D eigenvalue weighted by Crippen LogP contribution is 2.30. The van der Waals surface area contributed by atoms with Crippen LogP contribution in [0.4, 0.5) is 13.2 Å². The van der Waals surface area contributed by atoms with Crippen molar-refractivity contribution >= 4 is 22.7 Å². The van der Waals surface area contributed by atoms with Gasteiger partial charge in [-0.25, -0.2) is 0 Å². The average Bonchev–Trinajstić information content (AvgIpc) is 2.82. The van der Waals surface area contributed by atoms with E-state index in [-0.39, 0.29) is 17.5 Å². The summed E-state index contributed by atoms with van der Waals surface area (Å²) in [5, 5.41) is 4.41. The fourth-order valence-electron chi connectivity index (χ4n) is 2.33. The van der Waals surface area contributed by atoms with Gasteiger partial charge in [-0.3, -0.25) is 0 Å². The first-order chi connectivity index (χ1) is 10.0. The Morgan fingerprint density at radius 1 is 1.24 bits per heavy atom. The molecule has 1 aromatic carbocycles. The number of nitrogens with zero attached hydrogens (tertiary/aromatic N) is 1. The molecule has 116 valence electrons. The molecule has 2 rings (SSSR count). The number of rotatable bonds is 7. The van der Waals surface area contributed by atoms with E-state index in [1.807, 2.05) is 35.0 Å². The molecule has 0 amide bonds. The van der Waals surface area contributed by atoms with Gasteiger partial charge in [0.05, 0.1) is 5.52 Å². The number of aromatic nitrogens is 1. The Morgan fingerprint density at radius 2 is 2.05 bits per heavy atom. The summed E-state index contributed by atoms with van der Waals surface area (Å²) in [6.07, 6.45) is 2.92. The first-order valence-corrected chi connectivity index (χ1v) is 7.98. The Balaban J connectivity index is 2.12. The highest BCUT2D eigenvalue weighted by atomic mass is 32.2. The van der Waals surface area contributed by atoms with Crippen LogP contribution < -0.4 is 5.32 Å². The van der Waals surface area contributed by atoms with Crippen LogP contribution in [0, 0.1) is 0 Å². The van der Waals surface area contributed by atoms with Crippen LogP contribution in [-0.2, 0) is 13.1 Å². The number of aryl methyl sites for hydroxylation is 1. The molecule has 1 N–H and O–H groups in total. The van der Waals surface area contributed by atoms with Crippen LogP contribution in [0.25, 0.3) is 10.9 Å². The lowest BCUT2D eigenvalue weighted by molar-refractivity contribution is -0.0328. The summed E-state index contributed by atoms with van der Waals surface area (Å²) in [6, 6.07) is 7.96. The van der Waals surface area contributed by atoms with Gasteiger partial charge in [0.1, 0.15) is 0 Å². The van der Waals surface area contributed by atoms with Crippen molar-refractivity contribution in [3.63, 3.8) is 0 Å². The fourth-order valence-corrected chi connectivity index (χ4v) is 2.85. The summed E-state index contributed by atoms with van der Waals surface area (Å²) < 4.78 is 38.6. The lowest BCUT2D eigenvalue weighted by atomic mass is 10.1. The largest absolute Gasteiger partial charge is 0.441 e. The molecule has 0 saturated carbocycles. The number of thioether (sulfide) groups is 1. The summed E-state index contributed by atoms with van der Waals surface area (Å²) in [4.78, 5) is 0. The second-order valence-electron chi connectivity index (χ2n) is 4.84. The molecular formula is C15H19F3N2S. The van der Waals surface area contributed by atoms with Gasteiger partial charge >= 0.3 is 5.51 Å². The minimum Gasteiger partial charge on any atom is -0.346 e. The van der Waals surface area contributed by atoms with E-state index in [1.165, 1.54) is 0 Å². The third-order valence-electron chi connectivity index (χ3n) is 3.21. The lowest BCUT2D eigenvalue weighted by Gasteiger charge is -2.11. The van der Waals surface area contributed by atoms with E-state index in [1.54, 1.807) is 0 Å². The Kier molecular flexibility index (Phi) is 5.58. The van der Waals surface area contributed by atoms with Gasteiger partial charge in [0.2, 0.25) is 0 Å². The van der Waals surface area contributed by atoms with Crippen molar-refractivity contribution < 1.29 is 13.2 Å². The van der Waals surface area contributed by atoms with Gasteiger partial charge in [-0.15, -0.1) is 0 Å². The zero-order valence-electron chi connectivity index (χ0n) is 11.9. The van der Waals surface area contributed by atoms with E-state index < -0.39 is 5.51 Å². The number of halogens is 3. The second kappa shape index (κ2) is 7.22. The van der Waals surface area contributed by atoms with Crippen molar-refractivity contribution in [2.24, 2.45) is 0 Å². The molecule has 1 aromatic heterocycles. The van der Waals surface area contributed by atoms with Crippen LogP contribution >= 0.6 is 11.8 Å². The van der Waals surface area contributed by atoms with Gasteiger partial charge in [0.25, 0.3) is 0 Å². The molecule has 0 aliphatic carbocycles. The zero-order chi connectivity index (χ0) is 15.3. The van der Waals surface area contributed by atoms with Gasteiger partial charge in [0, 0.05) is 25.0 Å². The summed E-state index contributed by atoms with van der Waals surface area (Å²) in [5.41, 5.74) is -2.00. The summed E-state index contributed by atoms with van der Waals surface area (Å²) in [6.45, 7) is 4.13. The van der Waals surface area contributed by atoms with Gasteiger partial charge in [-0.1, -0.05) is 25.1 Å². The average molecular weight is 316 g/mol. The molecule has 1 heterocycles. The predicted molar refractivity (Wildman–Crippen MR) is 82.4 cm³/mol. The van der Waals surface area contributed by atoms with Crippen LogP contribution in [0.5, 0.6) is 0 Å². The van der Waals surface area contributed by atoms with Crippen molar-refractivity contribution in [1.82, 2.24) is 9.88 Å². The molecular weight excluding hydrogens is 297 g/mol. The molecule has 2 aromatic rings.